The van der Waals surface area contributed by atoms with Crippen LogP contribution in [0.4, 0.5) is 5.82 Å². The van der Waals surface area contributed by atoms with Crippen LogP contribution in [0.1, 0.15) is 22.9 Å². The van der Waals surface area contributed by atoms with Gasteiger partial charge in [-0.3, -0.25) is 14.5 Å². The van der Waals surface area contributed by atoms with Crippen LogP contribution in [0.15, 0.2) is 58.6 Å². The van der Waals surface area contributed by atoms with E-state index in [-0.39, 0.29) is 17.2 Å². The second kappa shape index (κ2) is 8.70. The van der Waals surface area contributed by atoms with Crippen molar-refractivity contribution in [2.24, 2.45) is 0 Å². The molecule has 1 unspecified atom stereocenters. The van der Waals surface area contributed by atoms with E-state index in [9.17, 15) is 14.7 Å². The standard InChI is InChI=1S/C24H22N2O7/c1-13-11-19(25-33-13)26-21(15-7-10-17(31-3)18(12-15)32-4)20(23(28)24(26)29)22(27)14-5-8-16(30-2)9-6-14/h5-12,21,27H,1-4H3. The van der Waals surface area contributed by atoms with Crippen molar-refractivity contribution in [3.63, 3.8) is 0 Å². The van der Waals surface area contributed by atoms with Gasteiger partial charge < -0.3 is 23.8 Å². The second-order valence-corrected chi connectivity index (χ2v) is 7.31. The Labute approximate surface area is 189 Å². The summed E-state index contributed by atoms with van der Waals surface area (Å²) in [7, 11) is 4.51. The lowest BCUT2D eigenvalue weighted by molar-refractivity contribution is -0.132. The summed E-state index contributed by atoms with van der Waals surface area (Å²) in [6, 6.07) is 12.1. The van der Waals surface area contributed by atoms with Gasteiger partial charge in [0.15, 0.2) is 17.3 Å². The number of ketones is 1. The van der Waals surface area contributed by atoms with Gasteiger partial charge in [-0.2, -0.15) is 0 Å². The van der Waals surface area contributed by atoms with Crippen LogP contribution in [0.2, 0.25) is 0 Å². The van der Waals surface area contributed by atoms with Crippen molar-refractivity contribution >= 4 is 23.3 Å². The Bertz CT molecular complexity index is 1240. The summed E-state index contributed by atoms with van der Waals surface area (Å²) >= 11 is 0. The molecule has 0 radical (unpaired) electrons. The van der Waals surface area contributed by atoms with Crippen LogP contribution in [-0.4, -0.2) is 43.3 Å². The Morgan fingerprint density at radius 3 is 2.24 bits per heavy atom. The van der Waals surface area contributed by atoms with Crippen LogP contribution in [0.3, 0.4) is 0 Å². The Hall–Kier alpha value is -4.27. The fourth-order valence-corrected chi connectivity index (χ4v) is 3.78. The largest absolute Gasteiger partial charge is 0.507 e. The number of aliphatic hydroxyl groups excluding tert-OH is 1. The molecule has 1 N–H and O–H groups in total. The number of aryl methyl sites for hydroxylation is 1. The van der Waals surface area contributed by atoms with E-state index < -0.39 is 17.7 Å². The molecule has 9 nitrogen and oxygen atoms in total. The summed E-state index contributed by atoms with van der Waals surface area (Å²) in [4.78, 5) is 27.4. The van der Waals surface area contributed by atoms with Gasteiger partial charge in [-0.25, -0.2) is 0 Å². The van der Waals surface area contributed by atoms with Gasteiger partial charge in [0.2, 0.25) is 0 Å². The van der Waals surface area contributed by atoms with Crippen molar-refractivity contribution in [1.29, 1.82) is 0 Å². The topological polar surface area (TPSA) is 111 Å². The fourth-order valence-electron chi connectivity index (χ4n) is 3.78. The van der Waals surface area contributed by atoms with Crippen LogP contribution in [0, 0.1) is 6.92 Å². The van der Waals surface area contributed by atoms with E-state index in [1.54, 1.807) is 55.5 Å². The first kappa shape index (κ1) is 21.9. The van der Waals surface area contributed by atoms with Crippen LogP contribution >= 0.6 is 0 Å². The van der Waals surface area contributed by atoms with E-state index in [1.165, 1.54) is 26.2 Å². The van der Waals surface area contributed by atoms with Gasteiger partial charge in [-0.1, -0.05) is 11.2 Å². The first-order valence-corrected chi connectivity index (χ1v) is 10.00. The number of aromatic nitrogens is 1. The van der Waals surface area contributed by atoms with Gasteiger partial charge in [-0.15, -0.1) is 0 Å². The summed E-state index contributed by atoms with van der Waals surface area (Å²) in [6.45, 7) is 1.68. The normalized spacial score (nSPS) is 17.3. The Balaban J connectivity index is 1.93. The number of amides is 1. The van der Waals surface area contributed by atoms with Crippen LogP contribution < -0.4 is 19.1 Å². The maximum atomic E-state index is 13.1. The highest BCUT2D eigenvalue weighted by Crippen LogP contribution is 2.44. The van der Waals surface area contributed by atoms with Crippen molar-refractivity contribution in [2.45, 2.75) is 13.0 Å². The molecule has 0 saturated carbocycles. The molecular formula is C24H22N2O7. The zero-order chi connectivity index (χ0) is 23.7. The van der Waals surface area contributed by atoms with E-state index in [0.29, 0.717) is 34.1 Å². The molecule has 170 valence electrons. The SMILES string of the molecule is COc1ccc(C(O)=C2C(=O)C(=O)N(c3cc(C)on3)C2c2ccc(OC)c(OC)c2)cc1. The molecule has 33 heavy (non-hydrogen) atoms. The number of rotatable bonds is 6. The lowest BCUT2D eigenvalue weighted by Crippen LogP contribution is -2.29. The van der Waals surface area contributed by atoms with Gasteiger partial charge in [-0.05, 0) is 48.9 Å². The summed E-state index contributed by atoms with van der Waals surface area (Å²) in [5, 5.41) is 15.1. The van der Waals surface area contributed by atoms with Crippen molar-refractivity contribution in [3.05, 3.63) is 71.0 Å². The molecule has 0 spiro atoms. The molecule has 1 amide bonds. The van der Waals surface area contributed by atoms with E-state index in [0.717, 1.165) is 0 Å². The molecule has 0 aliphatic carbocycles. The minimum atomic E-state index is -0.976. The Morgan fingerprint density at radius 2 is 1.67 bits per heavy atom. The van der Waals surface area contributed by atoms with Gasteiger partial charge in [0, 0.05) is 11.6 Å². The predicted octanol–water partition coefficient (Wildman–Crippen LogP) is 3.64. The number of ether oxygens (including phenoxy) is 3. The smallest absolute Gasteiger partial charge is 0.301 e. The zero-order valence-corrected chi connectivity index (χ0v) is 18.5. The molecule has 0 bridgehead atoms. The molecule has 9 heteroatoms. The fraction of sp³-hybridized carbons (Fsp3) is 0.208. The maximum Gasteiger partial charge on any atom is 0.301 e. The van der Waals surface area contributed by atoms with E-state index in [1.807, 2.05) is 0 Å². The van der Waals surface area contributed by atoms with Crippen LogP contribution in [0.5, 0.6) is 17.2 Å². The number of methoxy groups -OCH3 is 3. The first-order chi connectivity index (χ1) is 15.9. The number of benzene rings is 2. The highest BCUT2D eigenvalue weighted by atomic mass is 16.5. The monoisotopic (exact) mass is 450 g/mol. The minimum Gasteiger partial charge on any atom is -0.507 e. The number of carbonyl (C=O) groups excluding carboxylic acids is 2. The number of hydrogen-bond donors (Lipinski definition) is 1. The van der Waals surface area contributed by atoms with Gasteiger partial charge in [0.25, 0.3) is 5.78 Å². The molecule has 1 aliphatic rings. The molecule has 1 atom stereocenters. The average molecular weight is 450 g/mol. The lowest BCUT2D eigenvalue weighted by Gasteiger charge is -2.23. The van der Waals surface area contributed by atoms with Crippen molar-refractivity contribution in [2.75, 3.05) is 26.2 Å². The third-order valence-electron chi connectivity index (χ3n) is 5.39. The number of carbonyl (C=O) groups is 2. The van der Waals surface area contributed by atoms with Gasteiger partial charge >= 0.3 is 5.91 Å². The number of nitrogens with zero attached hydrogens (tertiary/aromatic N) is 2. The quantitative estimate of drug-likeness (QED) is 0.344. The van der Waals surface area contributed by atoms with E-state index >= 15 is 0 Å². The number of Topliss-reactive ketones (excluding diaryl/α,β-unsaturated/α-hetero) is 1. The molecule has 2 heterocycles. The van der Waals surface area contributed by atoms with Crippen molar-refractivity contribution in [3.8, 4) is 17.2 Å². The third-order valence-corrected chi connectivity index (χ3v) is 5.39. The first-order valence-electron chi connectivity index (χ1n) is 10.00. The molecular weight excluding hydrogens is 428 g/mol. The van der Waals surface area contributed by atoms with Crippen molar-refractivity contribution in [1.82, 2.24) is 5.16 Å². The summed E-state index contributed by atoms with van der Waals surface area (Å²) < 4.78 is 21.0. The summed E-state index contributed by atoms with van der Waals surface area (Å²) in [6.07, 6.45) is 0. The average Bonchev–Trinajstić information content (AvgIpc) is 3.38. The molecule has 1 saturated heterocycles. The maximum absolute atomic E-state index is 13.1. The number of hydrogen-bond acceptors (Lipinski definition) is 8. The Kier molecular flexibility index (Phi) is 5.78. The number of aliphatic hydroxyl groups is 1. The molecule has 1 aliphatic heterocycles. The Morgan fingerprint density at radius 1 is 0.970 bits per heavy atom. The molecule has 1 aromatic heterocycles. The summed E-state index contributed by atoms with van der Waals surface area (Å²) in [5.74, 6) is 0.0882. The van der Waals surface area contributed by atoms with E-state index in [4.69, 9.17) is 18.7 Å². The number of anilines is 1. The zero-order valence-electron chi connectivity index (χ0n) is 18.5. The minimum absolute atomic E-state index is 0.0851. The highest BCUT2D eigenvalue weighted by molar-refractivity contribution is 6.51. The summed E-state index contributed by atoms with van der Waals surface area (Å²) in [5.41, 5.74) is 0.788. The molecule has 1 fully saturated rings. The molecule has 4 rings (SSSR count). The highest BCUT2D eigenvalue weighted by Gasteiger charge is 2.48. The molecule has 2 aromatic carbocycles. The van der Waals surface area contributed by atoms with Gasteiger partial charge in [0.1, 0.15) is 17.3 Å². The predicted molar refractivity (Wildman–Crippen MR) is 119 cm³/mol. The van der Waals surface area contributed by atoms with Gasteiger partial charge in [0.05, 0.1) is 32.9 Å². The van der Waals surface area contributed by atoms with E-state index in [2.05, 4.69) is 5.16 Å². The molecule has 3 aromatic rings. The lowest BCUT2D eigenvalue weighted by atomic mass is 9.95. The second-order valence-electron chi connectivity index (χ2n) is 7.31. The van der Waals surface area contributed by atoms with Crippen LogP contribution in [-0.2, 0) is 9.59 Å². The van der Waals surface area contributed by atoms with Crippen molar-refractivity contribution < 1.29 is 33.4 Å². The third kappa shape index (κ3) is 3.78. The van der Waals surface area contributed by atoms with Crippen LogP contribution in [0.25, 0.3) is 5.76 Å².